The average molecular weight is 239 g/mol. The van der Waals surface area contributed by atoms with Crippen LogP contribution in [0.2, 0.25) is 0 Å². The van der Waals surface area contributed by atoms with Gasteiger partial charge in [-0.25, -0.2) is 0 Å². The molecule has 2 N–H and O–H groups in total. The first-order valence-corrected chi connectivity index (χ1v) is 6.52. The predicted octanol–water partition coefficient (Wildman–Crippen LogP) is -0.134. The molecule has 2 rings (SSSR count). The van der Waals surface area contributed by atoms with Crippen LogP contribution in [0.25, 0.3) is 0 Å². The molecule has 0 aromatic carbocycles. The van der Waals surface area contributed by atoms with E-state index in [1.54, 1.807) is 0 Å². The molecule has 0 bridgehead atoms. The van der Waals surface area contributed by atoms with Gasteiger partial charge in [0.05, 0.1) is 12.6 Å². The van der Waals surface area contributed by atoms with Crippen LogP contribution in [0.3, 0.4) is 0 Å². The average Bonchev–Trinajstić information content (AvgIpc) is 2.56. The van der Waals surface area contributed by atoms with E-state index in [2.05, 4.69) is 15.5 Å². The van der Waals surface area contributed by atoms with Gasteiger partial charge in [0.15, 0.2) is 0 Å². The number of carbonyl (C=O) groups is 2. The minimum atomic E-state index is -0.156. The van der Waals surface area contributed by atoms with E-state index in [1.807, 2.05) is 6.92 Å². The fourth-order valence-electron chi connectivity index (χ4n) is 2.82. The van der Waals surface area contributed by atoms with Crippen LogP contribution < -0.4 is 10.6 Å². The zero-order valence-electron chi connectivity index (χ0n) is 10.4. The van der Waals surface area contributed by atoms with Crippen LogP contribution >= 0.6 is 0 Å². The van der Waals surface area contributed by atoms with Crippen molar-refractivity contribution in [3.05, 3.63) is 0 Å². The molecular formula is C12H21N3O2. The van der Waals surface area contributed by atoms with Gasteiger partial charge in [0.25, 0.3) is 0 Å². The van der Waals surface area contributed by atoms with E-state index in [0.29, 0.717) is 12.6 Å². The molecule has 17 heavy (non-hydrogen) atoms. The second-order valence-corrected chi connectivity index (χ2v) is 4.84. The topological polar surface area (TPSA) is 61.4 Å². The summed E-state index contributed by atoms with van der Waals surface area (Å²) < 4.78 is 0. The minimum absolute atomic E-state index is 0.124. The molecular weight excluding hydrogens is 218 g/mol. The molecule has 2 amide bonds. The Labute approximate surface area is 102 Å². The highest BCUT2D eigenvalue weighted by molar-refractivity contribution is 6.01. The third-order valence-corrected chi connectivity index (χ3v) is 3.69. The molecule has 0 saturated carbocycles. The zero-order chi connectivity index (χ0) is 12.3. The highest BCUT2D eigenvalue weighted by Gasteiger charge is 2.36. The van der Waals surface area contributed by atoms with Crippen LogP contribution in [0.5, 0.6) is 0 Å². The maximum atomic E-state index is 11.8. The molecule has 5 heteroatoms. The Hall–Kier alpha value is -0.940. The summed E-state index contributed by atoms with van der Waals surface area (Å²) in [7, 11) is 0. The maximum Gasteiger partial charge on any atom is 0.243 e. The zero-order valence-corrected chi connectivity index (χ0v) is 10.4. The molecule has 0 spiro atoms. The number of carbonyl (C=O) groups excluding carboxylic acids is 2. The number of hydrogen-bond acceptors (Lipinski definition) is 4. The second-order valence-electron chi connectivity index (χ2n) is 4.84. The van der Waals surface area contributed by atoms with Gasteiger partial charge in [-0.05, 0) is 38.8 Å². The Morgan fingerprint density at radius 3 is 2.88 bits per heavy atom. The third kappa shape index (κ3) is 2.84. The lowest BCUT2D eigenvalue weighted by Crippen LogP contribution is -2.60. The molecule has 0 radical (unpaired) electrons. The van der Waals surface area contributed by atoms with E-state index in [9.17, 15) is 9.59 Å². The fraction of sp³-hybridized carbons (Fsp3) is 0.833. The molecule has 0 aromatic rings. The van der Waals surface area contributed by atoms with Crippen molar-refractivity contribution in [2.24, 2.45) is 0 Å². The van der Waals surface area contributed by atoms with E-state index in [4.69, 9.17) is 0 Å². The number of nitrogens with one attached hydrogen (secondary N) is 2. The molecule has 96 valence electrons. The van der Waals surface area contributed by atoms with Crippen molar-refractivity contribution in [3.63, 3.8) is 0 Å². The SMILES string of the molecule is CCC1C(=O)NC(=O)CN1C1CCCNCC1. The van der Waals surface area contributed by atoms with Crippen molar-refractivity contribution >= 4 is 11.8 Å². The smallest absolute Gasteiger partial charge is 0.243 e. The summed E-state index contributed by atoms with van der Waals surface area (Å²) in [5.41, 5.74) is 0. The van der Waals surface area contributed by atoms with Gasteiger partial charge in [-0.15, -0.1) is 0 Å². The normalized spacial score (nSPS) is 32.1. The van der Waals surface area contributed by atoms with E-state index >= 15 is 0 Å². The molecule has 2 aliphatic heterocycles. The van der Waals surface area contributed by atoms with Gasteiger partial charge in [0.2, 0.25) is 11.8 Å². The largest absolute Gasteiger partial charge is 0.317 e. The summed E-state index contributed by atoms with van der Waals surface area (Å²) in [5, 5.41) is 5.79. The van der Waals surface area contributed by atoms with E-state index in [0.717, 1.165) is 38.8 Å². The Balaban J connectivity index is 2.09. The van der Waals surface area contributed by atoms with Crippen molar-refractivity contribution in [1.82, 2.24) is 15.5 Å². The lowest BCUT2D eigenvalue weighted by atomic mass is 10.0. The van der Waals surface area contributed by atoms with Crippen LogP contribution in [0.4, 0.5) is 0 Å². The number of imide groups is 1. The third-order valence-electron chi connectivity index (χ3n) is 3.69. The van der Waals surface area contributed by atoms with Gasteiger partial charge in [-0.3, -0.25) is 19.8 Å². The molecule has 2 heterocycles. The predicted molar refractivity (Wildman–Crippen MR) is 64.4 cm³/mol. The molecule has 2 unspecified atom stereocenters. The van der Waals surface area contributed by atoms with Crippen molar-refractivity contribution in [2.45, 2.75) is 44.7 Å². The van der Waals surface area contributed by atoms with E-state index < -0.39 is 0 Å². The highest BCUT2D eigenvalue weighted by Crippen LogP contribution is 2.20. The summed E-state index contributed by atoms with van der Waals surface area (Å²) >= 11 is 0. The summed E-state index contributed by atoms with van der Waals surface area (Å²) in [4.78, 5) is 25.4. The summed E-state index contributed by atoms with van der Waals surface area (Å²) in [6.07, 6.45) is 3.98. The van der Waals surface area contributed by atoms with Gasteiger partial charge in [-0.2, -0.15) is 0 Å². The summed E-state index contributed by atoms with van der Waals surface area (Å²) in [6, 6.07) is 0.237. The Kier molecular flexibility index (Phi) is 4.12. The van der Waals surface area contributed by atoms with Crippen LogP contribution in [-0.2, 0) is 9.59 Å². The van der Waals surface area contributed by atoms with Gasteiger partial charge in [-0.1, -0.05) is 6.92 Å². The number of nitrogens with zero attached hydrogens (tertiary/aromatic N) is 1. The molecule has 0 aromatic heterocycles. The lowest BCUT2D eigenvalue weighted by molar-refractivity contribution is -0.141. The van der Waals surface area contributed by atoms with Crippen molar-refractivity contribution in [2.75, 3.05) is 19.6 Å². The van der Waals surface area contributed by atoms with Crippen LogP contribution in [0, 0.1) is 0 Å². The quantitative estimate of drug-likeness (QED) is 0.659. The first-order valence-electron chi connectivity index (χ1n) is 6.52. The Morgan fingerprint density at radius 2 is 2.12 bits per heavy atom. The molecule has 2 aliphatic rings. The number of amides is 2. The van der Waals surface area contributed by atoms with E-state index in [1.165, 1.54) is 0 Å². The Morgan fingerprint density at radius 1 is 1.29 bits per heavy atom. The number of piperazine rings is 1. The highest BCUT2D eigenvalue weighted by atomic mass is 16.2. The minimum Gasteiger partial charge on any atom is -0.317 e. The molecule has 2 saturated heterocycles. The van der Waals surface area contributed by atoms with Crippen molar-refractivity contribution in [1.29, 1.82) is 0 Å². The first kappa shape index (κ1) is 12.5. The molecule has 5 nitrogen and oxygen atoms in total. The van der Waals surface area contributed by atoms with Crippen LogP contribution in [-0.4, -0.2) is 48.4 Å². The standard InChI is InChI=1S/C12H21N3O2/c1-2-10-12(17)14-11(16)8-15(10)9-4-3-6-13-7-5-9/h9-10,13H,2-8H2,1H3,(H,14,16,17). The van der Waals surface area contributed by atoms with Crippen molar-refractivity contribution < 1.29 is 9.59 Å². The lowest BCUT2D eigenvalue weighted by Gasteiger charge is -2.38. The summed E-state index contributed by atoms with van der Waals surface area (Å²) in [6.45, 7) is 4.39. The molecule has 0 aliphatic carbocycles. The second kappa shape index (κ2) is 5.60. The van der Waals surface area contributed by atoms with Crippen molar-refractivity contribution in [3.8, 4) is 0 Å². The fourth-order valence-corrected chi connectivity index (χ4v) is 2.82. The first-order chi connectivity index (χ1) is 8.22. The van der Waals surface area contributed by atoms with E-state index in [-0.39, 0.29) is 17.9 Å². The van der Waals surface area contributed by atoms with Gasteiger partial charge >= 0.3 is 0 Å². The molecule has 2 atom stereocenters. The summed E-state index contributed by atoms with van der Waals surface area (Å²) in [5.74, 6) is -0.280. The van der Waals surface area contributed by atoms with Gasteiger partial charge in [0, 0.05) is 6.04 Å². The van der Waals surface area contributed by atoms with Crippen LogP contribution in [0.1, 0.15) is 32.6 Å². The Bertz CT molecular complexity index is 298. The van der Waals surface area contributed by atoms with Gasteiger partial charge < -0.3 is 5.32 Å². The van der Waals surface area contributed by atoms with Crippen LogP contribution in [0.15, 0.2) is 0 Å². The number of hydrogen-bond donors (Lipinski definition) is 2. The monoisotopic (exact) mass is 239 g/mol. The van der Waals surface area contributed by atoms with Gasteiger partial charge in [0.1, 0.15) is 0 Å². The molecule has 2 fully saturated rings. The maximum absolute atomic E-state index is 11.8. The number of rotatable bonds is 2.